The van der Waals surface area contributed by atoms with Gasteiger partial charge in [-0.25, -0.2) is 4.79 Å². The van der Waals surface area contributed by atoms with Crippen LogP contribution >= 0.6 is 7.26 Å². The molecule has 1 aromatic rings. The highest BCUT2D eigenvalue weighted by molar-refractivity contribution is 7.79. The van der Waals surface area contributed by atoms with Crippen LogP contribution in [0.25, 0.3) is 0 Å². The van der Waals surface area contributed by atoms with Crippen LogP contribution in [-0.4, -0.2) is 48.9 Å². The van der Waals surface area contributed by atoms with Gasteiger partial charge in [0.25, 0.3) is 5.85 Å². The van der Waals surface area contributed by atoms with Crippen LogP contribution < -0.4 is 9.64 Å². The number of methoxy groups -OCH3 is 1. The van der Waals surface area contributed by atoms with Crippen molar-refractivity contribution in [3.8, 4) is 5.75 Å². The molecule has 3 fully saturated rings. The normalized spacial score (nSPS) is 25.1. The van der Waals surface area contributed by atoms with Gasteiger partial charge in [0.05, 0.1) is 42.6 Å². The summed E-state index contributed by atoms with van der Waals surface area (Å²) in [4.78, 5) is 28.4. The molecule has 3 aliphatic carbocycles. The predicted octanol–water partition coefficient (Wildman–Crippen LogP) is 7.17. The Morgan fingerprint density at radius 2 is 1.34 bits per heavy atom. The number of hydrogen-bond donors (Lipinski definition) is 0. The number of hydrogen-bond acceptors (Lipinski definition) is 4. The zero-order valence-electron chi connectivity index (χ0n) is 21.7. The van der Waals surface area contributed by atoms with Gasteiger partial charge in [0.2, 0.25) is 0 Å². The van der Waals surface area contributed by atoms with Crippen molar-refractivity contribution in [1.29, 1.82) is 0 Å². The minimum atomic E-state index is -1.82. The van der Waals surface area contributed by atoms with E-state index in [1.165, 1.54) is 103 Å². The maximum absolute atomic E-state index is 14.3. The molecule has 1 aromatic carbocycles. The molecule has 0 spiro atoms. The van der Waals surface area contributed by atoms with E-state index >= 15 is 0 Å². The number of ether oxygens (including phenoxy) is 2. The number of anilines is 1. The molecule has 5 nitrogen and oxygen atoms in total. The Kier molecular flexibility index (Phi) is 7.72. The molecular weight excluding hydrogens is 457 g/mol. The number of benzene rings is 1. The molecule has 6 heteroatoms. The van der Waals surface area contributed by atoms with Crippen molar-refractivity contribution in [3.63, 3.8) is 0 Å². The van der Waals surface area contributed by atoms with Gasteiger partial charge in [-0.3, -0.25) is 4.79 Å². The van der Waals surface area contributed by atoms with Crippen molar-refractivity contribution < 1.29 is 19.1 Å². The molecule has 1 atom stereocenters. The number of amides is 1. The van der Waals surface area contributed by atoms with Crippen molar-refractivity contribution in [2.45, 2.75) is 119 Å². The molecule has 1 heterocycles. The van der Waals surface area contributed by atoms with Gasteiger partial charge >= 0.3 is 11.9 Å². The second kappa shape index (κ2) is 10.8. The Morgan fingerprint density at radius 1 is 0.857 bits per heavy atom. The Morgan fingerprint density at radius 3 is 1.80 bits per heavy atom. The van der Waals surface area contributed by atoms with E-state index in [1.807, 2.05) is 24.1 Å². The highest BCUT2D eigenvalue weighted by Crippen LogP contribution is 2.80. The SMILES string of the molecule is COC(=O)c1ccc2c(c1)OC([P+](C1CCCCC1)(C1CCCCC1)C1CCCCC1)C(=O)N2C. The van der Waals surface area contributed by atoms with Gasteiger partial charge in [-0.1, -0.05) is 19.3 Å². The van der Waals surface area contributed by atoms with E-state index in [-0.39, 0.29) is 17.7 Å². The quantitative estimate of drug-likeness (QED) is 0.318. The minimum Gasteiger partial charge on any atom is -0.465 e. The summed E-state index contributed by atoms with van der Waals surface area (Å²) in [6, 6.07) is 5.40. The average molecular weight is 501 g/mol. The number of fused-ring (bicyclic) bond motifs is 1. The molecule has 1 aliphatic heterocycles. The summed E-state index contributed by atoms with van der Waals surface area (Å²) in [5, 5.41) is 0. The number of carbonyl (C=O) groups excluding carboxylic acids is 2. The largest absolute Gasteiger partial charge is 0.465 e. The Hall–Kier alpha value is -1.61. The Labute approximate surface area is 211 Å². The van der Waals surface area contributed by atoms with Gasteiger partial charge in [0.1, 0.15) is 5.75 Å². The number of nitrogens with zero attached hydrogens (tertiary/aromatic N) is 1. The van der Waals surface area contributed by atoms with Gasteiger partial charge in [-0.05, 0) is 95.2 Å². The molecule has 192 valence electrons. The summed E-state index contributed by atoms with van der Waals surface area (Å²) in [6.45, 7) is 0. The van der Waals surface area contributed by atoms with Gasteiger partial charge in [-0.2, -0.15) is 0 Å². The first-order chi connectivity index (χ1) is 17.1. The van der Waals surface area contributed by atoms with Crippen LogP contribution in [0.15, 0.2) is 18.2 Å². The van der Waals surface area contributed by atoms with Crippen molar-refractivity contribution in [2.75, 3.05) is 19.1 Å². The fourth-order valence-electron chi connectivity index (χ4n) is 7.92. The third-order valence-corrected chi connectivity index (χ3v) is 16.0. The number of carbonyl (C=O) groups is 2. The average Bonchev–Trinajstić information content (AvgIpc) is 2.93. The van der Waals surface area contributed by atoms with Crippen LogP contribution in [0.3, 0.4) is 0 Å². The van der Waals surface area contributed by atoms with Gasteiger partial charge in [0, 0.05) is 7.05 Å². The third kappa shape index (κ3) is 4.52. The van der Waals surface area contributed by atoms with E-state index in [4.69, 9.17) is 9.47 Å². The van der Waals surface area contributed by atoms with Crippen molar-refractivity contribution in [1.82, 2.24) is 0 Å². The molecule has 35 heavy (non-hydrogen) atoms. The lowest BCUT2D eigenvalue weighted by Crippen LogP contribution is -2.52. The molecule has 0 radical (unpaired) electrons. The standard InChI is InChI=1S/C29H43NO4P/c1-30-25-19-18-21(28(32)33-2)20-26(25)34-29(27(30)31)35(22-12-6-3-7-13-22,23-14-8-4-9-15-23)24-16-10-5-11-17-24/h18-20,22-24,29H,3-17H2,1-2H3/q+1. The van der Waals surface area contributed by atoms with E-state index in [9.17, 15) is 9.59 Å². The summed E-state index contributed by atoms with van der Waals surface area (Å²) >= 11 is 0. The van der Waals surface area contributed by atoms with Gasteiger partial charge in [-0.15, -0.1) is 0 Å². The smallest absolute Gasteiger partial charge is 0.337 e. The molecular formula is C29H43NO4P+. The second-order valence-corrected chi connectivity index (χ2v) is 15.8. The summed E-state index contributed by atoms with van der Waals surface area (Å²) in [5.74, 6) is 0.132. The zero-order valence-corrected chi connectivity index (χ0v) is 22.6. The van der Waals surface area contributed by atoms with Crippen molar-refractivity contribution in [2.24, 2.45) is 0 Å². The first-order valence-electron chi connectivity index (χ1n) is 14.1. The summed E-state index contributed by atoms with van der Waals surface area (Å²) < 4.78 is 11.9. The highest BCUT2D eigenvalue weighted by atomic mass is 31.2. The second-order valence-electron chi connectivity index (χ2n) is 11.3. The molecule has 0 bridgehead atoms. The lowest BCUT2D eigenvalue weighted by atomic mass is 9.99. The van der Waals surface area contributed by atoms with Crippen LogP contribution in [0.1, 0.15) is 107 Å². The lowest BCUT2D eigenvalue weighted by molar-refractivity contribution is -0.122. The Balaban J connectivity index is 1.63. The number of likely N-dealkylation sites (N-methyl/N-ethyl adjacent to an activating group) is 1. The molecule has 1 unspecified atom stereocenters. The lowest BCUT2D eigenvalue weighted by Gasteiger charge is -2.52. The van der Waals surface area contributed by atoms with E-state index in [1.54, 1.807) is 6.07 Å². The highest BCUT2D eigenvalue weighted by Gasteiger charge is 2.66. The molecule has 1 amide bonds. The third-order valence-electron chi connectivity index (χ3n) is 9.55. The summed E-state index contributed by atoms with van der Waals surface area (Å²) in [6.07, 6.45) is 19.4. The molecule has 3 saturated carbocycles. The van der Waals surface area contributed by atoms with E-state index in [0.29, 0.717) is 28.3 Å². The maximum Gasteiger partial charge on any atom is 0.337 e. The van der Waals surface area contributed by atoms with Crippen LogP contribution in [0.2, 0.25) is 0 Å². The number of esters is 1. The minimum absolute atomic E-state index is 0.165. The maximum atomic E-state index is 14.3. The van der Waals surface area contributed by atoms with Gasteiger partial charge in [0.15, 0.2) is 0 Å². The first kappa shape index (κ1) is 25.1. The van der Waals surface area contributed by atoms with Crippen molar-refractivity contribution in [3.05, 3.63) is 23.8 Å². The molecule has 0 saturated heterocycles. The van der Waals surface area contributed by atoms with Crippen molar-refractivity contribution >= 4 is 24.8 Å². The molecule has 5 rings (SSSR count). The summed E-state index contributed by atoms with van der Waals surface area (Å²) in [5.41, 5.74) is 3.21. The van der Waals surface area contributed by atoms with E-state index < -0.39 is 7.26 Å². The first-order valence-corrected chi connectivity index (χ1v) is 16.2. The van der Waals surface area contributed by atoms with E-state index in [0.717, 1.165) is 5.69 Å². The zero-order chi connectivity index (χ0) is 24.4. The Bertz CT molecular complexity index is 870. The topological polar surface area (TPSA) is 55.8 Å². The predicted molar refractivity (Wildman–Crippen MR) is 143 cm³/mol. The van der Waals surface area contributed by atoms with Crippen LogP contribution in [0.4, 0.5) is 5.69 Å². The molecule has 0 N–H and O–H groups in total. The molecule has 4 aliphatic rings. The van der Waals surface area contributed by atoms with E-state index in [2.05, 4.69) is 0 Å². The fraction of sp³-hybridized carbons (Fsp3) is 0.724. The summed E-state index contributed by atoms with van der Waals surface area (Å²) in [7, 11) is 1.50. The number of rotatable bonds is 5. The van der Waals surface area contributed by atoms with Crippen LogP contribution in [-0.2, 0) is 9.53 Å². The fourth-order valence-corrected chi connectivity index (χ4v) is 15.5. The van der Waals surface area contributed by atoms with Crippen LogP contribution in [0.5, 0.6) is 5.75 Å². The van der Waals surface area contributed by atoms with Gasteiger partial charge < -0.3 is 14.4 Å². The monoisotopic (exact) mass is 500 g/mol. The molecule has 0 aromatic heterocycles. The van der Waals surface area contributed by atoms with Crippen LogP contribution in [0, 0.1) is 0 Å².